The lowest BCUT2D eigenvalue weighted by atomic mass is 9.96. The van der Waals surface area contributed by atoms with E-state index in [0.29, 0.717) is 19.0 Å². The van der Waals surface area contributed by atoms with Crippen LogP contribution in [0.3, 0.4) is 0 Å². The summed E-state index contributed by atoms with van der Waals surface area (Å²) in [7, 11) is 0. The van der Waals surface area contributed by atoms with Gasteiger partial charge in [-0.25, -0.2) is 0 Å². The molecular formula is C13H23N3O3. The largest absolute Gasteiger partial charge is 0.394 e. The Kier molecular flexibility index (Phi) is 4.23. The number of rotatable bonds is 3. The third-order valence-electron chi connectivity index (χ3n) is 3.10. The van der Waals surface area contributed by atoms with Gasteiger partial charge in [-0.2, -0.15) is 4.98 Å². The third-order valence-corrected chi connectivity index (χ3v) is 3.10. The number of aromatic nitrogens is 2. The molecule has 0 radical (unpaired) electrons. The summed E-state index contributed by atoms with van der Waals surface area (Å²) in [6.45, 7) is 10.3. The van der Waals surface area contributed by atoms with E-state index in [0.717, 1.165) is 12.4 Å². The average molecular weight is 269 g/mol. The molecule has 19 heavy (non-hydrogen) atoms. The number of ether oxygens (including phenoxy) is 1. The molecule has 1 fully saturated rings. The van der Waals surface area contributed by atoms with E-state index in [-0.39, 0.29) is 24.2 Å². The zero-order valence-corrected chi connectivity index (χ0v) is 12.1. The predicted molar refractivity (Wildman–Crippen MR) is 69.7 cm³/mol. The molecule has 0 aliphatic carbocycles. The summed E-state index contributed by atoms with van der Waals surface area (Å²) in [6, 6.07) is 0. The second-order valence-electron chi connectivity index (χ2n) is 6.21. The molecule has 1 saturated heterocycles. The smallest absolute Gasteiger partial charge is 0.240 e. The number of morpholine rings is 1. The van der Waals surface area contributed by atoms with Crippen molar-refractivity contribution in [1.82, 2.24) is 15.0 Å². The Morgan fingerprint density at radius 2 is 2.11 bits per heavy atom. The third kappa shape index (κ3) is 3.75. The number of aliphatic hydroxyl groups is 1. The van der Waals surface area contributed by atoms with Crippen molar-refractivity contribution in [1.29, 1.82) is 0 Å². The van der Waals surface area contributed by atoms with Crippen LogP contribution in [0, 0.1) is 0 Å². The number of nitrogens with zero attached hydrogens (tertiary/aromatic N) is 3. The van der Waals surface area contributed by atoms with Gasteiger partial charge in [0.2, 0.25) is 5.89 Å². The van der Waals surface area contributed by atoms with E-state index in [1.165, 1.54) is 0 Å². The van der Waals surface area contributed by atoms with Gasteiger partial charge in [0.25, 0.3) is 0 Å². The minimum atomic E-state index is -0.131. The Morgan fingerprint density at radius 1 is 1.37 bits per heavy atom. The van der Waals surface area contributed by atoms with Gasteiger partial charge in [0, 0.05) is 18.5 Å². The maximum absolute atomic E-state index is 9.20. The lowest BCUT2D eigenvalue weighted by molar-refractivity contribution is -0.0988. The first kappa shape index (κ1) is 14.4. The van der Waals surface area contributed by atoms with Crippen LogP contribution in [0.25, 0.3) is 0 Å². The van der Waals surface area contributed by atoms with Crippen molar-refractivity contribution >= 4 is 0 Å². The van der Waals surface area contributed by atoms with E-state index >= 15 is 0 Å². The van der Waals surface area contributed by atoms with E-state index < -0.39 is 0 Å². The molecule has 2 rings (SSSR count). The molecular weight excluding hydrogens is 246 g/mol. The van der Waals surface area contributed by atoms with Gasteiger partial charge in [-0.1, -0.05) is 25.9 Å². The first-order valence-corrected chi connectivity index (χ1v) is 6.70. The predicted octanol–water partition coefficient (Wildman–Crippen LogP) is 0.949. The fourth-order valence-corrected chi connectivity index (χ4v) is 2.19. The fraction of sp³-hybridized carbons (Fsp3) is 0.846. The number of aliphatic hydroxyl groups excluding tert-OH is 1. The quantitative estimate of drug-likeness (QED) is 0.881. The average Bonchev–Trinajstić information content (AvgIpc) is 2.76. The van der Waals surface area contributed by atoms with Crippen LogP contribution in [0.15, 0.2) is 4.52 Å². The van der Waals surface area contributed by atoms with Crippen LogP contribution in [0.4, 0.5) is 0 Å². The van der Waals surface area contributed by atoms with E-state index in [9.17, 15) is 5.11 Å². The summed E-state index contributed by atoms with van der Waals surface area (Å²) in [4.78, 5) is 6.60. The summed E-state index contributed by atoms with van der Waals surface area (Å²) < 4.78 is 10.9. The Hall–Kier alpha value is -0.980. The maximum atomic E-state index is 9.20. The molecule has 2 unspecified atom stereocenters. The monoisotopic (exact) mass is 269 g/mol. The van der Waals surface area contributed by atoms with E-state index in [2.05, 4.69) is 35.8 Å². The normalized spacial score (nSPS) is 25.7. The van der Waals surface area contributed by atoms with Gasteiger partial charge in [0.1, 0.15) is 0 Å². The zero-order chi connectivity index (χ0) is 14.0. The SMILES string of the molecule is CC1CN(Cc2nc(C(C)(C)C)no2)CC(CO)O1. The molecule has 0 spiro atoms. The standard InChI is InChI=1S/C13H23N3O3/c1-9-5-16(6-10(8-17)18-9)7-11-14-12(15-19-11)13(2,3)4/h9-10,17H,5-8H2,1-4H3. The second kappa shape index (κ2) is 5.56. The van der Waals surface area contributed by atoms with Gasteiger partial charge in [-0.15, -0.1) is 0 Å². The molecule has 1 aromatic rings. The highest BCUT2D eigenvalue weighted by atomic mass is 16.5. The van der Waals surface area contributed by atoms with Crippen LogP contribution >= 0.6 is 0 Å². The van der Waals surface area contributed by atoms with Gasteiger partial charge >= 0.3 is 0 Å². The molecule has 2 atom stereocenters. The van der Waals surface area contributed by atoms with Crippen molar-refractivity contribution in [3.05, 3.63) is 11.7 Å². The van der Waals surface area contributed by atoms with Crippen LogP contribution in [0.5, 0.6) is 0 Å². The lowest BCUT2D eigenvalue weighted by Crippen LogP contribution is -2.47. The Morgan fingerprint density at radius 3 is 2.68 bits per heavy atom. The molecule has 0 bridgehead atoms. The van der Waals surface area contributed by atoms with E-state index in [1.54, 1.807) is 0 Å². The molecule has 6 heteroatoms. The highest BCUT2D eigenvalue weighted by Gasteiger charge is 2.27. The van der Waals surface area contributed by atoms with Gasteiger partial charge in [-0.05, 0) is 6.92 Å². The highest BCUT2D eigenvalue weighted by molar-refractivity contribution is 5.00. The zero-order valence-electron chi connectivity index (χ0n) is 12.1. The van der Waals surface area contributed by atoms with Gasteiger partial charge in [0.15, 0.2) is 5.82 Å². The molecule has 1 aliphatic heterocycles. The minimum Gasteiger partial charge on any atom is -0.394 e. The van der Waals surface area contributed by atoms with Crippen molar-refractivity contribution in [2.45, 2.75) is 51.9 Å². The van der Waals surface area contributed by atoms with Crippen LogP contribution in [0.1, 0.15) is 39.4 Å². The first-order chi connectivity index (χ1) is 8.88. The molecule has 0 aromatic carbocycles. The van der Waals surface area contributed by atoms with Crippen molar-refractivity contribution < 1.29 is 14.4 Å². The van der Waals surface area contributed by atoms with Crippen molar-refractivity contribution in [2.75, 3.05) is 19.7 Å². The summed E-state index contributed by atoms with van der Waals surface area (Å²) in [5.74, 6) is 1.35. The molecule has 6 nitrogen and oxygen atoms in total. The molecule has 0 amide bonds. The molecule has 1 N–H and O–H groups in total. The summed E-state index contributed by atoms with van der Waals surface area (Å²) in [5.41, 5.74) is -0.103. The van der Waals surface area contributed by atoms with E-state index in [1.807, 2.05) is 6.92 Å². The molecule has 2 heterocycles. The summed E-state index contributed by atoms with van der Waals surface area (Å²) in [5, 5.41) is 13.2. The van der Waals surface area contributed by atoms with Crippen LogP contribution in [-0.4, -0.2) is 52.1 Å². The van der Waals surface area contributed by atoms with Crippen LogP contribution < -0.4 is 0 Å². The molecule has 1 aromatic heterocycles. The fourth-order valence-electron chi connectivity index (χ4n) is 2.19. The van der Waals surface area contributed by atoms with Gasteiger partial charge in [-0.3, -0.25) is 4.90 Å². The summed E-state index contributed by atoms with van der Waals surface area (Å²) >= 11 is 0. The molecule has 108 valence electrons. The van der Waals surface area contributed by atoms with Crippen molar-refractivity contribution in [2.24, 2.45) is 0 Å². The highest BCUT2D eigenvalue weighted by Crippen LogP contribution is 2.19. The number of hydrogen-bond donors (Lipinski definition) is 1. The maximum Gasteiger partial charge on any atom is 0.240 e. The minimum absolute atomic E-state index is 0.0396. The van der Waals surface area contributed by atoms with Crippen LogP contribution in [0.2, 0.25) is 0 Å². The molecule has 1 aliphatic rings. The van der Waals surface area contributed by atoms with Gasteiger partial charge in [0.05, 0.1) is 25.4 Å². The topological polar surface area (TPSA) is 71.6 Å². The van der Waals surface area contributed by atoms with Crippen LogP contribution in [-0.2, 0) is 16.7 Å². The van der Waals surface area contributed by atoms with E-state index in [4.69, 9.17) is 9.26 Å². The summed E-state index contributed by atoms with van der Waals surface area (Å²) in [6.07, 6.45) is -0.0235. The Labute approximate surface area is 113 Å². The first-order valence-electron chi connectivity index (χ1n) is 6.70. The lowest BCUT2D eigenvalue weighted by Gasteiger charge is -2.35. The molecule has 0 saturated carbocycles. The van der Waals surface area contributed by atoms with Gasteiger partial charge < -0.3 is 14.4 Å². The Balaban J connectivity index is 1.99. The Bertz CT molecular complexity index is 414. The number of hydrogen-bond acceptors (Lipinski definition) is 6. The van der Waals surface area contributed by atoms with Crippen molar-refractivity contribution in [3.8, 4) is 0 Å². The van der Waals surface area contributed by atoms with Crippen molar-refractivity contribution in [3.63, 3.8) is 0 Å². The second-order valence-corrected chi connectivity index (χ2v) is 6.21.